The summed E-state index contributed by atoms with van der Waals surface area (Å²) in [7, 11) is 1.82. The molecule has 1 aliphatic heterocycles. The molecule has 224 valence electrons. The van der Waals surface area contributed by atoms with E-state index in [2.05, 4.69) is 15.3 Å². The molecule has 4 aromatic rings. The normalized spacial score (nSPS) is 16.5. The number of piperidine rings is 1. The summed E-state index contributed by atoms with van der Waals surface area (Å²) in [5, 5.41) is 30.2. The second kappa shape index (κ2) is 11.8. The highest BCUT2D eigenvalue weighted by molar-refractivity contribution is 5.95. The molecule has 6 N–H and O–H groups in total. The van der Waals surface area contributed by atoms with Crippen molar-refractivity contribution in [2.75, 3.05) is 11.9 Å². The molecule has 2 atom stereocenters. The fraction of sp³-hybridized carbons (Fsp3) is 0.241. The van der Waals surface area contributed by atoms with E-state index in [1.807, 2.05) is 7.05 Å². The number of amides is 1. The Morgan fingerprint density at radius 2 is 1.91 bits per heavy atom. The minimum absolute atomic E-state index is 0.168. The monoisotopic (exact) mass is 593 g/mol. The van der Waals surface area contributed by atoms with E-state index >= 15 is 8.78 Å². The van der Waals surface area contributed by atoms with Gasteiger partial charge in [0.25, 0.3) is 11.8 Å². The highest BCUT2D eigenvalue weighted by atomic mass is 19.1. The number of aromatic hydroxyl groups is 1. The lowest BCUT2D eigenvalue weighted by Gasteiger charge is -2.36. The number of ether oxygens (including phenoxy) is 2. The van der Waals surface area contributed by atoms with Gasteiger partial charge in [0.2, 0.25) is 11.6 Å². The summed E-state index contributed by atoms with van der Waals surface area (Å²) in [5.74, 6) is -3.85. The van der Waals surface area contributed by atoms with Gasteiger partial charge in [0, 0.05) is 49.2 Å². The zero-order chi connectivity index (χ0) is 30.8. The number of nitrogens with zero attached hydrogens (tertiary/aromatic N) is 4. The number of rotatable bonds is 8. The number of phenols is 1. The molecule has 2 aromatic carbocycles. The van der Waals surface area contributed by atoms with Crippen LogP contribution < -0.4 is 20.5 Å². The Balaban J connectivity index is 1.53. The molecule has 0 radical (unpaired) electrons. The lowest BCUT2D eigenvalue weighted by molar-refractivity contribution is 0.109. The number of carbonyl (C=O) groups is 1. The zero-order valence-electron chi connectivity index (χ0n) is 23.2. The Morgan fingerprint density at radius 1 is 1.16 bits per heavy atom. The third-order valence-electron chi connectivity index (χ3n) is 7.09. The van der Waals surface area contributed by atoms with Crippen molar-refractivity contribution in [1.29, 1.82) is 5.41 Å². The van der Waals surface area contributed by atoms with Crippen LogP contribution in [-0.4, -0.2) is 60.2 Å². The molecule has 1 fully saturated rings. The van der Waals surface area contributed by atoms with Crippen LogP contribution in [-0.2, 0) is 7.05 Å². The minimum Gasteiger partial charge on any atom is -0.504 e. The van der Waals surface area contributed by atoms with Crippen molar-refractivity contribution in [3.05, 3.63) is 72.1 Å². The lowest BCUT2D eigenvalue weighted by Crippen LogP contribution is -2.47. The van der Waals surface area contributed by atoms with Gasteiger partial charge in [0.05, 0.1) is 0 Å². The molecule has 43 heavy (non-hydrogen) atoms. The molecule has 14 heteroatoms. The van der Waals surface area contributed by atoms with E-state index in [1.54, 1.807) is 48.1 Å². The van der Waals surface area contributed by atoms with Crippen LogP contribution in [0.5, 0.6) is 29.0 Å². The number of aromatic nitrogens is 3. The third-order valence-corrected chi connectivity index (χ3v) is 7.09. The number of phenolic OH excluding ortho intramolecular Hbond substituents is 1. The van der Waals surface area contributed by atoms with Gasteiger partial charge in [-0.25, -0.2) is 9.78 Å². The van der Waals surface area contributed by atoms with E-state index in [-0.39, 0.29) is 42.3 Å². The number of nitrogens with one attached hydrogen (secondary N) is 2. The SMILES string of the molecule is CC1CC(Nc2c(F)c(Oc3cccc(-c4nccn4C)c3)nc(Oc3cc(C(=N)N)ccc3O)c2F)CCN1C(=O)O. The van der Waals surface area contributed by atoms with Crippen molar-refractivity contribution in [2.45, 2.75) is 31.8 Å². The fourth-order valence-corrected chi connectivity index (χ4v) is 4.88. The van der Waals surface area contributed by atoms with E-state index in [0.29, 0.717) is 11.4 Å². The maximum absolute atomic E-state index is 15.9. The molecule has 12 nitrogen and oxygen atoms in total. The van der Waals surface area contributed by atoms with Gasteiger partial charge in [-0.1, -0.05) is 12.1 Å². The summed E-state index contributed by atoms with van der Waals surface area (Å²) in [6.07, 6.45) is 2.90. The number of nitrogens with two attached hydrogens (primary N) is 1. The number of hydrogen-bond donors (Lipinski definition) is 5. The number of anilines is 1. The number of likely N-dealkylation sites (tertiary alicyclic amines) is 1. The highest BCUT2D eigenvalue weighted by Gasteiger charge is 2.32. The maximum Gasteiger partial charge on any atom is 0.407 e. The summed E-state index contributed by atoms with van der Waals surface area (Å²) in [6.45, 7) is 1.88. The van der Waals surface area contributed by atoms with Crippen molar-refractivity contribution in [2.24, 2.45) is 12.8 Å². The van der Waals surface area contributed by atoms with Crippen LogP contribution in [0.3, 0.4) is 0 Å². The number of pyridine rings is 1. The van der Waals surface area contributed by atoms with Gasteiger partial charge in [-0.3, -0.25) is 5.41 Å². The van der Waals surface area contributed by atoms with Crippen LogP contribution >= 0.6 is 0 Å². The Hall–Kier alpha value is -5.40. The van der Waals surface area contributed by atoms with Gasteiger partial charge < -0.3 is 40.2 Å². The summed E-state index contributed by atoms with van der Waals surface area (Å²) < 4.78 is 45.0. The first-order valence-corrected chi connectivity index (χ1v) is 13.3. The Morgan fingerprint density at radius 3 is 2.56 bits per heavy atom. The van der Waals surface area contributed by atoms with Crippen LogP contribution in [0.1, 0.15) is 25.3 Å². The number of nitrogen functional groups attached to an aromatic ring is 1. The molecule has 1 saturated heterocycles. The number of benzene rings is 2. The van der Waals surface area contributed by atoms with Gasteiger partial charge in [0.15, 0.2) is 11.5 Å². The zero-order valence-corrected chi connectivity index (χ0v) is 23.2. The van der Waals surface area contributed by atoms with E-state index in [1.165, 1.54) is 23.1 Å². The van der Waals surface area contributed by atoms with Crippen molar-refractivity contribution >= 4 is 17.6 Å². The minimum atomic E-state index is -1.20. The highest BCUT2D eigenvalue weighted by Crippen LogP contribution is 2.39. The van der Waals surface area contributed by atoms with Crippen LogP contribution in [0.4, 0.5) is 19.3 Å². The molecule has 1 amide bonds. The van der Waals surface area contributed by atoms with E-state index in [0.717, 1.165) is 0 Å². The lowest BCUT2D eigenvalue weighted by atomic mass is 9.98. The van der Waals surface area contributed by atoms with E-state index in [4.69, 9.17) is 20.6 Å². The maximum atomic E-state index is 15.9. The fourth-order valence-electron chi connectivity index (χ4n) is 4.88. The Bertz CT molecular complexity index is 1700. The predicted molar refractivity (Wildman–Crippen MR) is 153 cm³/mol. The first-order chi connectivity index (χ1) is 20.5. The first-order valence-electron chi connectivity index (χ1n) is 13.3. The average Bonchev–Trinajstić information content (AvgIpc) is 3.40. The van der Waals surface area contributed by atoms with Crippen molar-refractivity contribution in [3.63, 3.8) is 0 Å². The van der Waals surface area contributed by atoms with Crippen LogP contribution in [0.25, 0.3) is 11.4 Å². The molecule has 0 spiro atoms. The smallest absolute Gasteiger partial charge is 0.407 e. The molecule has 0 saturated carbocycles. The van der Waals surface area contributed by atoms with Crippen LogP contribution in [0, 0.1) is 17.0 Å². The van der Waals surface area contributed by atoms with E-state index in [9.17, 15) is 15.0 Å². The quantitative estimate of drug-likeness (QED) is 0.135. The number of carboxylic acid groups (broad SMARTS) is 1. The van der Waals surface area contributed by atoms with Crippen molar-refractivity contribution in [3.8, 4) is 40.4 Å². The third kappa shape index (κ3) is 6.12. The molecular weight excluding hydrogens is 564 g/mol. The average molecular weight is 594 g/mol. The number of hydrogen-bond acceptors (Lipinski definition) is 8. The van der Waals surface area contributed by atoms with Gasteiger partial charge >= 0.3 is 6.09 Å². The number of halogens is 2. The van der Waals surface area contributed by atoms with Gasteiger partial charge in [-0.15, -0.1) is 0 Å². The van der Waals surface area contributed by atoms with Crippen LogP contribution in [0.15, 0.2) is 54.9 Å². The van der Waals surface area contributed by atoms with E-state index < -0.39 is 53.0 Å². The topological polar surface area (TPSA) is 172 Å². The molecule has 5 rings (SSSR count). The van der Waals surface area contributed by atoms with Gasteiger partial charge in [-0.2, -0.15) is 13.8 Å². The molecule has 0 bridgehead atoms. The Kier molecular flexibility index (Phi) is 8.01. The largest absolute Gasteiger partial charge is 0.504 e. The van der Waals surface area contributed by atoms with Gasteiger partial charge in [0.1, 0.15) is 23.1 Å². The number of amidine groups is 1. The predicted octanol–water partition coefficient (Wildman–Crippen LogP) is 5.28. The van der Waals surface area contributed by atoms with Crippen molar-refractivity contribution < 1.29 is 33.3 Å². The molecule has 0 aliphatic carbocycles. The second-order valence-electron chi connectivity index (χ2n) is 10.1. The standard InChI is InChI=1S/C29H29F2N7O5/c1-15-12-18(8-10-38(15)29(40)41)35-24-22(30)27(42-19-5-3-4-17(13-19)26-34-9-11-37(26)2)36-28(23(24)31)43-21-14-16(25(32)33)6-7-20(21)39/h3-7,9,11,13-15,18,39H,8,10,12H2,1-2H3,(H3,32,33)(H,35,36)(H,40,41). The van der Waals surface area contributed by atoms with Gasteiger partial charge in [-0.05, 0) is 50.1 Å². The number of imidazole rings is 1. The molecule has 3 heterocycles. The number of aryl methyl sites for hydroxylation is 1. The molecular formula is C29H29F2N7O5. The summed E-state index contributed by atoms with van der Waals surface area (Å²) in [5.41, 5.74) is 5.81. The Labute approximate surface area is 244 Å². The second-order valence-corrected chi connectivity index (χ2v) is 10.1. The van der Waals surface area contributed by atoms with Crippen LogP contribution in [0.2, 0.25) is 0 Å². The summed E-state index contributed by atoms with van der Waals surface area (Å²) >= 11 is 0. The molecule has 1 aliphatic rings. The summed E-state index contributed by atoms with van der Waals surface area (Å²) in [6, 6.07) is 9.57. The summed E-state index contributed by atoms with van der Waals surface area (Å²) in [4.78, 5) is 21.0. The van der Waals surface area contributed by atoms with Crippen molar-refractivity contribution in [1.82, 2.24) is 19.4 Å². The first kappa shape index (κ1) is 29.1. The molecule has 2 aromatic heterocycles. The molecule has 2 unspecified atom stereocenters.